The van der Waals surface area contributed by atoms with Crippen LogP contribution in [0.5, 0.6) is 0 Å². The molecule has 1 aromatic heterocycles. The van der Waals surface area contributed by atoms with Crippen molar-refractivity contribution in [2.75, 3.05) is 19.6 Å². The highest BCUT2D eigenvalue weighted by atomic mass is 16.5. The molecule has 4 nitrogen and oxygen atoms in total. The van der Waals surface area contributed by atoms with E-state index in [9.17, 15) is 0 Å². The van der Waals surface area contributed by atoms with Gasteiger partial charge in [-0.2, -0.15) is 0 Å². The SMILES string of the molecule is Cc1ccc(-c2cc(CN3CCNCC3C)on2)cc1. The number of rotatable bonds is 3. The van der Waals surface area contributed by atoms with E-state index in [0.29, 0.717) is 6.04 Å². The maximum atomic E-state index is 5.49. The highest BCUT2D eigenvalue weighted by Crippen LogP contribution is 2.21. The fourth-order valence-corrected chi connectivity index (χ4v) is 2.57. The molecule has 20 heavy (non-hydrogen) atoms. The molecule has 106 valence electrons. The number of piperazine rings is 1. The molecule has 1 saturated heterocycles. The van der Waals surface area contributed by atoms with E-state index in [1.165, 1.54) is 5.56 Å². The van der Waals surface area contributed by atoms with E-state index in [0.717, 1.165) is 43.2 Å². The van der Waals surface area contributed by atoms with Crippen LogP contribution in [0.2, 0.25) is 0 Å². The lowest BCUT2D eigenvalue weighted by Crippen LogP contribution is -2.49. The van der Waals surface area contributed by atoms with Crippen molar-refractivity contribution in [2.45, 2.75) is 26.4 Å². The molecule has 2 aromatic rings. The summed E-state index contributed by atoms with van der Waals surface area (Å²) in [5.74, 6) is 0.939. The van der Waals surface area contributed by atoms with Crippen LogP contribution in [0.3, 0.4) is 0 Å². The molecule has 1 aliphatic heterocycles. The lowest BCUT2D eigenvalue weighted by atomic mass is 10.1. The van der Waals surface area contributed by atoms with Crippen LogP contribution in [0, 0.1) is 6.92 Å². The minimum atomic E-state index is 0.539. The van der Waals surface area contributed by atoms with Gasteiger partial charge in [0.1, 0.15) is 5.69 Å². The molecular weight excluding hydrogens is 250 g/mol. The Morgan fingerprint density at radius 3 is 2.90 bits per heavy atom. The van der Waals surface area contributed by atoms with Gasteiger partial charge in [0.15, 0.2) is 5.76 Å². The topological polar surface area (TPSA) is 41.3 Å². The first-order valence-electron chi connectivity index (χ1n) is 7.20. The quantitative estimate of drug-likeness (QED) is 0.931. The fourth-order valence-electron chi connectivity index (χ4n) is 2.57. The molecule has 3 rings (SSSR count). The molecule has 4 heteroatoms. The molecule has 1 atom stereocenters. The van der Waals surface area contributed by atoms with Gasteiger partial charge in [0.05, 0.1) is 6.54 Å². The third kappa shape index (κ3) is 2.92. The van der Waals surface area contributed by atoms with E-state index in [1.807, 2.05) is 0 Å². The number of nitrogens with one attached hydrogen (secondary N) is 1. The van der Waals surface area contributed by atoms with Crippen molar-refractivity contribution in [1.29, 1.82) is 0 Å². The molecule has 1 aromatic carbocycles. The van der Waals surface area contributed by atoms with Gasteiger partial charge in [0.2, 0.25) is 0 Å². The van der Waals surface area contributed by atoms with E-state index in [4.69, 9.17) is 4.52 Å². The summed E-state index contributed by atoms with van der Waals surface area (Å²) in [5, 5.41) is 7.59. The number of aryl methyl sites for hydroxylation is 1. The molecule has 0 bridgehead atoms. The van der Waals surface area contributed by atoms with E-state index in [2.05, 4.69) is 59.6 Å². The summed E-state index contributed by atoms with van der Waals surface area (Å²) in [6.07, 6.45) is 0. The first kappa shape index (κ1) is 13.3. The van der Waals surface area contributed by atoms with Crippen LogP contribution in [0.15, 0.2) is 34.9 Å². The molecular formula is C16H21N3O. The van der Waals surface area contributed by atoms with E-state index < -0.39 is 0 Å². The lowest BCUT2D eigenvalue weighted by Gasteiger charge is -2.32. The second kappa shape index (κ2) is 5.77. The largest absolute Gasteiger partial charge is 0.359 e. The average Bonchev–Trinajstić information content (AvgIpc) is 2.91. The summed E-state index contributed by atoms with van der Waals surface area (Å²) >= 11 is 0. The summed E-state index contributed by atoms with van der Waals surface area (Å²) in [6.45, 7) is 8.30. The van der Waals surface area contributed by atoms with E-state index >= 15 is 0 Å². The highest BCUT2D eigenvalue weighted by molar-refractivity contribution is 5.59. The second-order valence-corrected chi connectivity index (χ2v) is 5.57. The molecule has 0 saturated carbocycles. The standard InChI is InChI=1S/C16H21N3O/c1-12-3-5-14(6-4-12)16-9-15(20-18-16)11-19-8-7-17-10-13(19)2/h3-6,9,13,17H,7-8,10-11H2,1-2H3. The van der Waals surface area contributed by atoms with Gasteiger partial charge in [-0.15, -0.1) is 0 Å². The van der Waals surface area contributed by atoms with Crippen LogP contribution in [0.25, 0.3) is 11.3 Å². The Hall–Kier alpha value is -1.65. The van der Waals surface area contributed by atoms with Gasteiger partial charge in [0, 0.05) is 37.3 Å². The van der Waals surface area contributed by atoms with Crippen LogP contribution >= 0.6 is 0 Å². The third-order valence-electron chi connectivity index (χ3n) is 3.90. The van der Waals surface area contributed by atoms with E-state index in [1.54, 1.807) is 0 Å². The van der Waals surface area contributed by atoms with Crippen molar-refractivity contribution in [3.63, 3.8) is 0 Å². The minimum absolute atomic E-state index is 0.539. The van der Waals surface area contributed by atoms with Gasteiger partial charge < -0.3 is 9.84 Å². The molecule has 1 N–H and O–H groups in total. The van der Waals surface area contributed by atoms with Gasteiger partial charge in [-0.05, 0) is 13.8 Å². The first-order valence-corrected chi connectivity index (χ1v) is 7.20. The number of benzene rings is 1. The van der Waals surface area contributed by atoms with Crippen molar-refractivity contribution >= 4 is 0 Å². The zero-order valence-corrected chi connectivity index (χ0v) is 12.1. The summed E-state index contributed by atoms with van der Waals surface area (Å²) in [7, 11) is 0. The Balaban J connectivity index is 1.71. The third-order valence-corrected chi connectivity index (χ3v) is 3.90. The Morgan fingerprint density at radius 2 is 2.15 bits per heavy atom. The Kier molecular flexibility index (Phi) is 3.85. The van der Waals surface area contributed by atoms with Crippen molar-refractivity contribution in [3.8, 4) is 11.3 Å². The van der Waals surface area contributed by atoms with Crippen molar-refractivity contribution < 1.29 is 4.52 Å². The monoisotopic (exact) mass is 271 g/mol. The van der Waals surface area contributed by atoms with Gasteiger partial charge in [-0.1, -0.05) is 35.0 Å². The molecule has 1 fully saturated rings. The summed E-state index contributed by atoms with van der Waals surface area (Å²) in [5.41, 5.74) is 3.29. The predicted octanol–water partition coefficient (Wildman–Crippen LogP) is 2.44. The molecule has 2 heterocycles. The molecule has 0 aliphatic carbocycles. The van der Waals surface area contributed by atoms with Crippen LogP contribution in [-0.2, 0) is 6.54 Å². The fraction of sp³-hybridized carbons (Fsp3) is 0.438. The summed E-state index contributed by atoms with van der Waals surface area (Å²) in [6, 6.07) is 11.0. The lowest BCUT2D eigenvalue weighted by molar-refractivity contribution is 0.149. The summed E-state index contributed by atoms with van der Waals surface area (Å²) < 4.78 is 5.49. The van der Waals surface area contributed by atoms with E-state index in [-0.39, 0.29) is 0 Å². The van der Waals surface area contributed by atoms with Crippen LogP contribution in [-0.4, -0.2) is 35.7 Å². The highest BCUT2D eigenvalue weighted by Gasteiger charge is 2.19. The smallest absolute Gasteiger partial charge is 0.151 e. The van der Waals surface area contributed by atoms with Crippen LogP contribution in [0.1, 0.15) is 18.2 Å². The maximum absolute atomic E-state index is 5.49. The zero-order valence-electron chi connectivity index (χ0n) is 12.1. The van der Waals surface area contributed by atoms with Crippen molar-refractivity contribution in [2.24, 2.45) is 0 Å². The number of hydrogen-bond acceptors (Lipinski definition) is 4. The van der Waals surface area contributed by atoms with Gasteiger partial charge in [-0.3, -0.25) is 4.90 Å². The van der Waals surface area contributed by atoms with Crippen LogP contribution in [0.4, 0.5) is 0 Å². The Bertz CT molecular complexity index is 561. The number of hydrogen-bond donors (Lipinski definition) is 1. The van der Waals surface area contributed by atoms with Crippen LogP contribution < -0.4 is 5.32 Å². The average molecular weight is 271 g/mol. The minimum Gasteiger partial charge on any atom is -0.359 e. The van der Waals surface area contributed by atoms with Gasteiger partial charge in [0.25, 0.3) is 0 Å². The second-order valence-electron chi connectivity index (χ2n) is 5.57. The van der Waals surface area contributed by atoms with Gasteiger partial charge in [-0.25, -0.2) is 0 Å². The van der Waals surface area contributed by atoms with Gasteiger partial charge >= 0.3 is 0 Å². The molecule has 1 aliphatic rings. The number of aromatic nitrogens is 1. The Morgan fingerprint density at radius 1 is 1.35 bits per heavy atom. The molecule has 0 spiro atoms. The normalized spacial score (nSPS) is 20.2. The van der Waals surface area contributed by atoms with Crippen molar-refractivity contribution in [3.05, 3.63) is 41.7 Å². The maximum Gasteiger partial charge on any atom is 0.151 e. The summed E-state index contributed by atoms with van der Waals surface area (Å²) in [4.78, 5) is 2.43. The zero-order chi connectivity index (χ0) is 13.9. The molecule has 1 unspecified atom stereocenters. The van der Waals surface area contributed by atoms with Crippen molar-refractivity contribution in [1.82, 2.24) is 15.4 Å². The molecule has 0 radical (unpaired) electrons. The molecule has 0 amide bonds. The number of nitrogens with zero attached hydrogens (tertiary/aromatic N) is 2. The predicted molar refractivity (Wildman–Crippen MR) is 79.4 cm³/mol. The Labute approximate surface area is 119 Å². The first-order chi connectivity index (χ1) is 9.72.